The van der Waals surface area contributed by atoms with Crippen LogP contribution in [0, 0.1) is 0 Å². The van der Waals surface area contributed by atoms with E-state index in [-0.39, 0.29) is 0 Å². The highest BCUT2D eigenvalue weighted by Gasteiger charge is 2.03. The predicted molar refractivity (Wildman–Crippen MR) is 76.4 cm³/mol. The maximum Gasteiger partial charge on any atom is 0.0431 e. The van der Waals surface area contributed by atoms with Crippen LogP contribution >= 0.6 is 0 Å². The zero-order valence-electron chi connectivity index (χ0n) is 12.1. The van der Waals surface area contributed by atoms with Crippen LogP contribution in [0.2, 0.25) is 0 Å². The Morgan fingerprint density at radius 3 is 1.76 bits per heavy atom. The summed E-state index contributed by atoms with van der Waals surface area (Å²) in [6.07, 6.45) is 11.6. The molecule has 0 rings (SSSR count). The Bertz CT molecular complexity index is 139. The molecule has 0 aliphatic rings. The number of nitrogens with zero attached hydrogens (tertiary/aromatic N) is 1. The highest BCUT2D eigenvalue weighted by atomic mass is 16.2. The molecule has 0 aliphatic heterocycles. The van der Waals surface area contributed by atoms with Crippen LogP contribution in [0.4, 0.5) is 0 Å². The number of aliphatic hydroxyl groups excluding tert-OH is 1. The van der Waals surface area contributed by atoms with E-state index in [1.807, 2.05) is 0 Å². The van der Waals surface area contributed by atoms with Gasteiger partial charge in [-0.05, 0) is 45.3 Å². The van der Waals surface area contributed by atoms with Crippen LogP contribution in [-0.4, -0.2) is 36.2 Å². The Balaban J connectivity index is 3.53. The van der Waals surface area contributed by atoms with Gasteiger partial charge in [0.15, 0.2) is 0 Å². The van der Waals surface area contributed by atoms with E-state index in [4.69, 9.17) is 5.11 Å². The topological polar surface area (TPSA) is 23.5 Å². The van der Waals surface area contributed by atoms with Crippen LogP contribution in [0.25, 0.3) is 0 Å². The monoisotopic (exact) mass is 243 g/mol. The van der Waals surface area contributed by atoms with E-state index in [2.05, 4.69) is 18.7 Å². The van der Waals surface area contributed by atoms with Crippen molar-refractivity contribution in [2.45, 2.75) is 71.6 Å². The molecule has 0 atom stereocenters. The molecule has 0 heterocycles. The minimum absolute atomic E-state index is 0.345. The molecule has 0 spiro atoms. The Hall–Kier alpha value is -0.0800. The van der Waals surface area contributed by atoms with Crippen LogP contribution in [0.1, 0.15) is 71.6 Å². The first-order valence-corrected chi connectivity index (χ1v) is 7.68. The number of aliphatic hydroxyl groups is 1. The summed E-state index contributed by atoms with van der Waals surface area (Å²) >= 11 is 0. The second-order valence-corrected chi connectivity index (χ2v) is 5.04. The van der Waals surface area contributed by atoms with E-state index >= 15 is 0 Å². The summed E-state index contributed by atoms with van der Waals surface area (Å²) < 4.78 is 0. The second kappa shape index (κ2) is 14.0. The maximum absolute atomic E-state index is 8.81. The smallest absolute Gasteiger partial charge is 0.0431 e. The van der Waals surface area contributed by atoms with Gasteiger partial charge in [-0.15, -0.1) is 0 Å². The fourth-order valence-corrected chi connectivity index (χ4v) is 2.10. The number of rotatable bonds is 13. The zero-order valence-corrected chi connectivity index (χ0v) is 12.1. The van der Waals surface area contributed by atoms with Crippen molar-refractivity contribution >= 4 is 0 Å². The van der Waals surface area contributed by atoms with Crippen LogP contribution in [-0.2, 0) is 0 Å². The largest absolute Gasteiger partial charge is 0.396 e. The quantitative estimate of drug-likeness (QED) is 0.497. The van der Waals surface area contributed by atoms with E-state index in [1.54, 1.807) is 0 Å². The predicted octanol–water partition coefficient (Wildman–Crippen LogP) is 3.83. The van der Waals surface area contributed by atoms with Crippen LogP contribution < -0.4 is 0 Å². The van der Waals surface area contributed by atoms with Gasteiger partial charge in [0.05, 0.1) is 0 Å². The van der Waals surface area contributed by atoms with E-state index in [0.29, 0.717) is 6.61 Å². The molecule has 0 radical (unpaired) electrons. The molecule has 0 unspecified atom stereocenters. The Morgan fingerprint density at radius 1 is 0.647 bits per heavy atom. The van der Waals surface area contributed by atoms with Crippen molar-refractivity contribution in [2.24, 2.45) is 0 Å². The Kier molecular flexibility index (Phi) is 13.9. The Morgan fingerprint density at radius 2 is 1.18 bits per heavy atom. The zero-order chi connectivity index (χ0) is 12.8. The lowest BCUT2D eigenvalue weighted by Gasteiger charge is -2.21. The molecule has 2 nitrogen and oxygen atoms in total. The van der Waals surface area contributed by atoms with Crippen LogP contribution in [0.15, 0.2) is 0 Å². The van der Waals surface area contributed by atoms with Gasteiger partial charge in [-0.3, -0.25) is 0 Å². The fraction of sp³-hybridized carbons (Fsp3) is 1.00. The van der Waals surface area contributed by atoms with Crippen LogP contribution in [0.5, 0.6) is 0 Å². The lowest BCUT2D eigenvalue weighted by molar-refractivity contribution is 0.235. The summed E-state index contributed by atoms with van der Waals surface area (Å²) in [7, 11) is 0. The number of hydrogen-bond acceptors (Lipinski definition) is 2. The van der Waals surface area contributed by atoms with Crippen molar-refractivity contribution in [1.29, 1.82) is 0 Å². The van der Waals surface area contributed by atoms with E-state index in [0.717, 1.165) is 12.8 Å². The van der Waals surface area contributed by atoms with Gasteiger partial charge in [0.25, 0.3) is 0 Å². The molecule has 2 heteroatoms. The lowest BCUT2D eigenvalue weighted by atomic mass is 10.1. The molecule has 0 fully saturated rings. The highest BCUT2D eigenvalue weighted by Crippen LogP contribution is 2.06. The standard InChI is InChI=1S/C15H33NO/c1-3-5-7-8-9-13-16(12-6-4-2)14-10-11-15-17/h17H,3-15H2,1-2H3. The average Bonchev–Trinajstić information content (AvgIpc) is 2.35. The first-order valence-electron chi connectivity index (χ1n) is 7.68. The van der Waals surface area contributed by atoms with Gasteiger partial charge in [0.1, 0.15) is 0 Å². The van der Waals surface area contributed by atoms with Crippen molar-refractivity contribution in [1.82, 2.24) is 4.90 Å². The van der Waals surface area contributed by atoms with Gasteiger partial charge >= 0.3 is 0 Å². The summed E-state index contributed by atoms with van der Waals surface area (Å²) in [5.41, 5.74) is 0. The molecule has 0 saturated heterocycles. The van der Waals surface area contributed by atoms with Gasteiger partial charge in [-0.1, -0.05) is 46.0 Å². The van der Waals surface area contributed by atoms with Gasteiger partial charge in [-0.25, -0.2) is 0 Å². The molecule has 104 valence electrons. The summed E-state index contributed by atoms with van der Waals surface area (Å²) in [5, 5.41) is 8.81. The molecule has 0 saturated carbocycles. The normalized spacial score (nSPS) is 11.3. The molecule has 0 aliphatic carbocycles. The summed E-state index contributed by atoms with van der Waals surface area (Å²) in [6.45, 7) is 8.55. The summed E-state index contributed by atoms with van der Waals surface area (Å²) in [4.78, 5) is 2.59. The summed E-state index contributed by atoms with van der Waals surface area (Å²) in [5.74, 6) is 0. The SMILES string of the molecule is CCCCCCCN(CCCC)CCCCO. The van der Waals surface area contributed by atoms with Gasteiger partial charge in [0.2, 0.25) is 0 Å². The van der Waals surface area contributed by atoms with E-state index in [1.165, 1.54) is 64.6 Å². The van der Waals surface area contributed by atoms with Gasteiger partial charge in [-0.2, -0.15) is 0 Å². The maximum atomic E-state index is 8.81. The Labute approximate surface area is 108 Å². The third kappa shape index (κ3) is 12.2. The molecule has 0 aromatic heterocycles. The molecule has 0 aromatic rings. The van der Waals surface area contributed by atoms with E-state index < -0.39 is 0 Å². The molecule has 0 aromatic carbocycles. The minimum atomic E-state index is 0.345. The molecule has 17 heavy (non-hydrogen) atoms. The number of unbranched alkanes of at least 4 members (excludes halogenated alkanes) is 6. The molecule has 0 amide bonds. The van der Waals surface area contributed by atoms with Gasteiger partial charge in [0, 0.05) is 6.61 Å². The first-order chi connectivity index (χ1) is 8.35. The van der Waals surface area contributed by atoms with Crippen molar-refractivity contribution in [2.75, 3.05) is 26.2 Å². The van der Waals surface area contributed by atoms with Crippen molar-refractivity contribution in [3.63, 3.8) is 0 Å². The third-order valence-corrected chi connectivity index (χ3v) is 3.29. The van der Waals surface area contributed by atoms with Crippen LogP contribution in [0.3, 0.4) is 0 Å². The molecular weight excluding hydrogens is 210 g/mol. The van der Waals surface area contributed by atoms with E-state index in [9.17, 15) is 0 Å². The van der Waals surface area contributed by atoms with Crippen molar-refractivity contribution in [3.8, 4) is 0 Å². The second-order valence-electron chi connectivity index (χ2n) is 5.04. The number of hydrogen-bond donors (Lipinski definition) is 1. The van der Waals surface area contributed by atoms with Crippen molar-refractivity contribution < 1.29 is 5.11 Å². The highest BCUT2D eigenvalue weighted by molar-refractivity contribution is 4.58. The van der Waals surface area contributed by atoms with Gasteiger partial charge < -0.3 is 10.0 Å². The molecule has 0 bridgehead atoms. The minimum Gasteiger partial charge on any atom is -0.396 e. The fourth-order valence-electron chi connectivity index (χ4n) is 2.10. The lowest BCUT2D eigenvalue weighted by Crippen LogP contribution is -2.27. The molecular formula is C15H33NO. The first kappa shape index (κ1) is 16.9. The third-order valence-electron chi connectivity index (χ3n) is 3.29. The summed E-state index contributed by atoms with van der Waals surface area (Å²) in [6, 6.07) is 0. The molecule has 1 N–H and O–H groups in total. The van der Waals surface area contributed by atoms with Crippen molar-refractivity contribution in [3.05, 3.63) is 0 Å². The average molecular weight is 243 g/mol.